The molecule has 0 fully saturated rings. The van der Waals surface area contributed by atoms with Gasteiger partial charge in [-0.15, -0.1) is 11.3 Å². The molecule has 0 saturated carbocycles. The number of carbonyl (C=O) groups excluding carboxylic acids is 1. The van der Waals surface area contributed by atoms with E-state index < -0.39 is 0 Å². The number of nitrogens with two attached hydrogens (primary N) is 1. The molecule has 1 atom stereocenters. The quantitative estimate of drug-likeness (QED) is 0.724. The van der Waals surface area contributed by atoms with Gasteiger partial charge >= 0.3 is 0 Å². The minimum absolute atomic E-state index is 0.0659. The highest BCUT2D eigenvalue weighted by Gasteiger charge is 2.12. The number of nitrogen functional groups attached to an aromatic ring is 1. The molecular formula is C12H14N2O2S. The Kier molecular flexibility index (Phi) is 3.31. The van der Waals surface area contributed by atoms with Crippen molar-refractivity contribution in [2.75, 3.05) is 12.3 Å². The van der Waals surface area contributed by atoms with Crippen molar-refractivity contribution < 1.29 is 9.90 Å². The standard InChI is InChI=1S/C12H14N2O2S/c1-7(6-15)14-12(16)11-5-8-4-9(13)2-3-10(8)17-11/h2-5,7,15H,6,13H2,1H3,(H,14,16)/t7-/m1/s1. The summed E-state index contributed by atoms with van der Waals surface area (Å²) >= 11 is 1.42. The van der Waals surface area contributed by atoms with Crippen LogP contribution in [0.3, 0.4) is 0 Å². The van der Waals surface area contributed by atoms with E-state index in [-0.39, 0.29) is 18.6 Å². The zero-order chi connectivity index (χ0) is 12.4. The number of amides is 1. The van der Waals surface area contributed by atoms with Crippen molar-refractivity contribution >= 4 is 33.0 Å². The van der Waals surface area contributed by atoms with Crippen LogP contribution in [0.2, 0.25) is 0 Å². The number of hydrogen-bond donors (Lipinski definition) is 3. The Morgan fingerprint density at radius 3 is 3.00 bits per heavy atom. The molecule has 1 aromatic carbocycles. The first kappa shape index (κ1) is 11.9. The van der Waals surface area contributed by atoms with Crippen LogP contribution in [-0.2, 0) is 0 Å². The summed E-state index contributed by atoms with van der Waals surface area (Å²) in [4.78, 5) is 12.5. The number of nitrogens with one attached hydrogen (secondary N) is 1. The number of carbonyl (C=O) groups is 1. The van der Waals surface area contributed by atoms with Crippen LogP contribution in [0.1, 0.15) is 16.6 Å². The molecule has 2 rings (SSSR count). The summed E-state index contributed by atoms with van der Waals surface area (Å²) in [7, 11) is 0. The van der Waals surface area contributed by atoms with Crippen LogP contribution in [0.15, 0.2) is 24.3 Å². The third-order valence-corrected chi connectivity index (χ3v) is 3.53. The van der Waals surface area contributed by atoms with Gasteiger partial charge in [0, 0.05) is 16.4 Å². The average molecular weight is 250 g/mol. The van der Waals surface area contributed by atoms with Crippen LogP contribution >= 0.6 is 11.3 Å². The molecule has 17 heavy (non-hydrogen) atoms. The van der Waals surface area contributed by atoms with Crippen LogP contribution < -0.4 is 11.1 Å². The first-order valence-corrected chi connectivity index (χ1v) is 6.12. The lowest BCUT2D eigenvalue weighted by atomic mass is 10.2. The molecule has 0 aliphatic heterocycles. The van der Waals surface area contributed by atoms with E-state index in [2.05, 4.69) is 5.32 Å². The Labute approximate surface area is 103 Å². The molecule has 2 aromatic rings. The molecule has 4 nitrogen and oxygen atoms in total. The smallest absolute Gasteiger partial charge is 0.261 e. The molecule has 90 valence electrons. The van der Waals surface area contributed by atoms with Gasteiger partial charge in [-0.1, -0.05) is 0 Å². The Balaban J connectivity index is 2.27. The molecule has 0 bridgehead atoms. The lowest BCUT2D eigenvalue weighted by Crippen LogP contribution is -2.34. The Morgan fingerprint density at radius 2 is 2.29 bits per heavy atom. The Bertz CT molecular complexity index is 550. The first-order valence-electron chi connectivity index (χ1n) is 5.31. The third kappa shape index (κ3) is 2.57. The van der Waals surface area contributed by atoms with Crippen molar-refractivity contribution in [2.24, 2.45) is 0 Å². The normalized spacial score (nSPS) is 12.6. The van der Waals surface area contributed by atoms with Crippen molar-refractivity contribution in [1.29, 1.82) is 0 Å². The number of thiophene rings is 1. The fourth-order valence-corrected chi connectivity index (χ4v) is 2.46. The SMILES string of the molecule is C[C@H](CO)NC(=O)c1cc2cc(N)ccc2s1. The molecular weight excluding hydrogens is 236 g/mol. The predicted octanol–water partition coefficient (Wildman–Crippen LogP) is 1.59. The van der Waals surface area contributed by atoms with Crippen LogP contribution in [0.5, 0.6) is 0 Å². The average Bonchev–Trinajstić information content (AvgIpc) is 2.71. The second-order valence-corrected chi connectivity index (χ2v) is 5.05. The van der Waals surface area contributed by atoms with Gasteiger partial charge in [-0.2, -0.15) is 0 Å². The maximum absolute atomic E-state index is 11.8. The summed E-state index contributed by atoms with van der Waals surface area (Å²) in [5.41, 5.74) is 6.37. The number of benzene rings is 1. The second kappa shape index (κ2) is 4.73. The van der Waals surface area contributed by atoms with E-state index in [1.54, 1.807) is 6.92 Å². The fraction of sp³-hybridized carbons (Fsp3) is 0.250. The van der Waals surface area contributed by atoms with Gasteiger partial charge < -0.3 is 16.2 Å². The summed E-state index contributed by atoms with van der Waals surface area (Å²) in [5.74, 6) is -0.161. The molecule has 0 radical (unpaired) electrons. The number of aliphatic hydroxyl groups excluding tert-OH is 1. The van der Waals surface area contributed by atoms with Crippen LogP contribution in [0.4, 0.5) is 5.69 Å². The summed E-state index contributed by atoms with van der Waals surface area (Å²) in [6.45, 7) is 1.69. The maximum Gasteiger partial charge on any atom is 0.261 e. The predicted molar refractivity (Wildman–Crippen MR) is 70.3 cm³/mol. The minimum Gasteiger partial charge on any atom is -0.399 e. The molecule has 1 heterocycles. The summed E-state index contributed by atoms with van der Waals surface area (Å²) in [6.07, 6.45) is 0. The maximum atomic E-state index is 11.8. The lowest BCUT2D eigenvalue weighted by Gasteiger charge is -2.08. The van der Waals surface area contributed by atoms with E-state index in [0.29, 0.717) is 10.6 Å². The highest BCUT2D eigenvalue weighted by molar-refractivity contribution is 7.20. The molecule has 0 aliphatic carbocycles. The van der Waals surface area contributed by atoms with Gasteiger partial charge in [0.1, 0.15) is 0 Å². The summed E-state index contributed by atoms with van der Waals surface area (Å²) < 4.78 is 1.03. The number of hydrogen-bond acceptors (Lipinski definition) is 4. The number of fused-ring (bicyclic) bond motifs is 1. The van der Waals surface area contributed by atoms with Crippen molar-refractivity contribution in [2.45, 2.75) is 13.0 Å². The van der Waals surface area contributed by atoms with Crippen molar-refractivity contribution in [1.82, 2.24) is 5.32 Å². The Morgan fingerprint density at radius 1 is 1.53 bits per heavy atom. The van der Waals surface area contributed by atoms with Crippen molar-refractivity contribution in [3.8, 4) is 0 Å². The highest BCUT2D eigenvalue weighted by Crippen LogP contribution is 2.27. The van der Waals surface area contributed by atoms with Gasteiger partial charge in [0.2, 0.25) is 0 Å². The summed E-state index contributed by atoms with van der Waals surface area (Å²) in [6, 6.07) is 7.14. The third-order valence-electron chi connectivity index (χ3n) is 2.42. The van der Waals surface area contributed by atoms with Crippen molar-refractivity contribution in [3.05, 3.63) is 29.1 Å². The number of anilines is 1. The van der Waals surface area contributed by atoms with Gasteiger partial charge in [-0.25, -0.2) is 0 Å². The van der Waals surface area contributed by atoms with Crippen molar-refractivity contribution in [3.63, 3.8) is 0 Å². The zero-order valence-electron chi connectivity index (χ0n) is 9.43. The van der Waals surface area contributed by atoms with Gasteiger partial charge in [0.05, 0.1) is 11.5 Å². The largest absolute Gasteiger partial charge is 0.399 e. The highest BCUT2D eigenvalue weighted by atomic mass is 32.1. The Hall–Kier alpha value is -1.59. The van der Waals surface area contributed by atoms with E-state index >= 15 is 0 Å². The number of aliphatic hydroxyl groups is 1. The number of rotatable bonds is 3. The molecule has 0 spiro atoms. The van der Waals surface area contributed by atoms with Gasteiger partial charge in [0.15, 0.2) is 0 Å². The molecule has 4 N–H and O–H groups in total. The van der Waals surface area contributed by atoms with Gasteiger partial charge in [-0.3, -0.25) is 4.79 Å². The summed E-state index contributed by atoms with van der Waals surface area (Å²) in [5, 5.41) is 12.6. The van der Waals surface area contributed by atoms with E-state index in [4.69, 9.17) is 10.8 Å². The molecule has 1 aromatic heterocycles. The molecule has 1 amide bonds. The molecule has 0 aliphatic rings. The van der Waals surface area contributed by atoms with E-state index in [0.717, 1.165) is 10.1 Å². The monoisotopic (exact) mass is 250 g/mol. The molecule has 5 heteroatoms. The van der Waals surface area contributed by atoms with Gasteiger partial charge in [-0.05, 0) is 36.6 Å². The zero-order valence-corrected chi connectivity index (χ0v) is 10.3. The van der Waals surface area contributed by atoms with E-state index in [1.165, 1.54) is 11.3 Å². The topological polar surface area (TPSA) is 75.3 Å². The van der Waals surface area contributed by atoms with E-state index in [9.17, 15) is 4.79 Å². The first-order chi connectivity index (χ1) is 8.10. The minimum atomic E-state index is -0.238. The van der Waals surface area contributed by atoms with Gasteiger partial charge in [0.25, 0.3) is 5.91 Å². The van der Waals surface area contributed by atoms with Crippen LogP contribution in [0, 0.1) is 0 Å². The van der Waals surface area contributed by atoms with Crippen LogP contribution in [0.25, 0.3) is 10.1 Å². The fourth-order valence-electron chi connectivity index (χ4n) is 1.51. The second-order valence-electron chi connectivity index (χ2n) is 3.96. The molecule has 0 saturated heterocycles. The lowest BCUT2D eigenvalue weighted by molar-refractivity contribution is 0.0926. The molecule has 0 unspecified atom stereocenters. The van der Waals surface area contributed by atoms with Crippen LogP contribution in [-0.4, -0.2) is 23.7 Å². The van der Waals surface area contributed by atoms with E-state index in [1.807, 2.05) is 24.3 Å².